The third-order valence-electron chi connectivity index (χ3n) is 11.7. The molecule has 3 aliphatic carbocycles. The molecule has 0 N–H and O–H groups in total. The van der Waals surface area contributed by atoms with Gasteiger partial charge in [-0.15, -0.1) is 0 Å². The molecule has 3 aliphatic rings. The predicted molar refractivity (Wildman–Crippen MR) is 226 cm³/mol. The predicted octanol–water partition coefficient (Wildman–Crippen LogP) is 14.0. The fraction of sp³-hybridized carbons (Fsp3) is 0.137. The largest absolute Gasteiger partial charge is 0.310 e. The molecule has 7 aromatic rings. The van der Waals surface area contributed by atoms with E-state index >= 15 is 0 Å². The Morgan fingerprint density at radius 1 is 0.566 bits per heavy atom. The van der Waals surface area contributed by atoms with Crippen LogP contribution in [0.25, 0.3) is 49.8 Å². The lowest BCUT2D eigenvalue weighted by Gasteiger charge is -2.28. The Labute approximate surface area is 312 Å². The van der Waals surface area contributed by atoms with E-state index in [0.29, 0.717) is 0 Å². The van der Waals surface area contributed by atoms with Gasteiger partial charge >= 0.3 is 0 Å². The minimum Gasteiger partial charge on any atom is -0.310 e. The molecule has 0 atom stereocenters. The van der Waals surface area contributed by atoms with Crippen LogP contribution in [-0.2, 0) is 5.41 Å². The fourth-order valence-electron chi connectivity index (χ4n) is 9.01. The van der Waals surface area contributed by atoms with E-state index < -0.39 is 0 Å². The van der Waals surface area contributed by atoms with Crippen molar-refractivity contribution in [2.45, 2.75) is 44.9 Å². The number of hydrogen-bond donors (Lipinski definition) is 0. The molecule has 0 radical (unpaired) electrons. The summed E-state index contributed by atoms with van der Waals surface area (Å²) < 4.78 is 2.43. The van der Waals surface area contributed by atoms with E-state index in [4.69, 9.17) is 0 Å². The first-order valence-electron chi connectivity index (χ1n) is 19.1. The van der Waals surface area contributed by atoms with Crippen molar-refractivity contribution in [3.05, 3.63) is 192 Å². The second kappa shape index (κ2) is 12.5. The summed E-state index contributed by atoms with van der Waals surface area (Å²) in [6.45, 7) is 4.77. The van der Waals surface area contributed by atoms with Gasteiger partial charge in [-0.05, 0) is 125 Å². The lowest BCUT2D eigenvalue weighted by Crippen LogP contribution is -2.17. The lowest BCUT2D eigenvalue weighted by molar-refractivity contribution is 0.654. The lowest BCUT2D eigenvalue weighted by atomic mass is 9.80. The average molecular weight is 683 g/mol. The highest BCUT2D eigenvalue weighted by Gasteiger charge is 2.39. The van der Waals surface area contributed by atoms with Gasteiger partial charge in [0.1, 0.15) is 0 Å². The van der Waals surface area contributed by atoms with Crippen LogP contribution in [0.4, 0.5) is 17.1 Å². The zero-order valence-corrected chi connectivity index (χ0v) is 30.4. The standard InChI is InChI=1S/C51H42N2/c1-51(2)47-19-11-9-17-43(47)44-31-29-41(33-48(44)51)52(39-15-7-4-8-16-39)42-30-32-46-45-18-10-12-20-49(45)53(50(46)34-42)40-27-25-38(26-28-40)37-23-21-36(22-24-37)35-13-5-3-6-14-35/h3-5,7-8,10,12-13,15-34H,6,9,11,14H2,1-2H3. The van der Waals surface area contributed by atoms with E-state index in [1.807, 2.05) is 0 Å². The van der Waals surface area contributed by atoms with Crippen molar-refractivity contribution in [2.24, 2.45) is 0 Å². The summed E-state index contributed by atoms with van der Waals surface area (Å²) in [5.41, 5.74) is 17.9. The first kappa shape index (κ1) is 31.6. The smallest absolute Gasteiger partial charge is 0.0561 e. The number of anilines is 3. The normalized spacial score (nSPS) is 15.8. The number of nitrogens with zero attached hydrogens (tertiary/aromatic N) is 2. The Kier molecular flexibility index (Phi) is 7.47. The minimum absolute atomic E-state index is 0.0327. The van der Waals surface area contributed by atoms with E-state index in [0.717, 1.165) is 42.7 Å². The molecule has 0 fully saturated rings. The van der Waals surface area contributed by atoms with Gasteiger partial charge in [0.05, 0.1) is 11.0 Å². The molecule has 0 amide bonds. The molecule has 6 aromatic carbocycles. The van der Waals surface area contributed by atoms with Crippen LogP contribution in [-0.4, -0.2) is 4.57 Å². The van der Waals surface area contributed by atoms with Crippen molar-refractivity contribution >= 4 is 50.0 Å². The molecule has 53 heavy (non-hydrogen) atoms. The monoisotopic (exact) mass is 682 g/mol. The van der Waals surface area contributed by atoms with Gasteiger partial charge in [-0.25, -0.2) is 0 Å². The zero-order valence-electron chi connectivity index (χ0n) is 30.4. The SMILES string of the molecule is CC1(C)C2=CCCC=C2c2ccc(N(c3ccccc3)c3ccc4c5ccccc5n(-c5ccc(-c6ccc(C7=CC=CCC7)cc6)cc5)c4c3)cc21. The van der Waals surface area contributed by atoms with Crippen LogP contribution in [0.3, 0.4) is 0 Å². The topological polar surface area (TPSA) is 8.17 Å². The number of benzene rings is 6. The summed E-state index contributed by atoms with van der Waals surface area (Å²) >= 11 is 0. The first-order chi connectivity index (χ1) is 26.0. The Hall–Kier alpha value is -6.12. The molecular formula is C51H42N2. The van der Waals surface area contributed by atoms with Crippen LogP contribution >= 0.6 is 0 Å². The molecule has 1 aromatic heterocycles. The molecular weight excluding hydrogens is 641 g/mol. The van der Waals surface area contributed by atoms with Crippen LogP contribution in [0.5, 0.6) is 0 Å². The Morgan fingerprint density at radius 2 is 1.25 bits per heavy atom. The number of aromatic nitrogens is 1. The molecule has 256 valence electrons. The molecule has 0 unspecified atom stereocenters. The van der Waals surface area contributed by atoms with Crippen molar-refractivity contribution in [2.75, 3.05) is 4.90 Å². The molecule has 10 rings (SSSR count). The van der Waals surface area contributed by atoms with E-state index in [1.54, 1.807) is 0 Å². The minimum atomic E-state index is -0.0327. The maximum Gasteiger partial charge on any atom is 0.0561 e. The van der Waals surface area contributed by atoms with Crippen molar-refractivity contribution in [3.8, 4) is 16.8 Å². The summed E-state index contributed by atoms with van der Waals surface area (Å²) in [6, 6.07) is 51.9. The highest BCUT2D eigenvalue weighted by molar-refractivity contribution is 6.10. The van der Waals surface area contributed by atoms with Gasteiger partial charge in [0, 0.05) is 38.9 Å². The van der Waals surface area contributed by atoms with Crippen LogP contribution in [0.15, 0.2) is 175 Å². The van der Waals surface area contributed by atoms with E-state index in [-0.39, 0.29) is 5.41 Å². The van der Waals surface area contributed by atoms with Gasteiger partial charge < -0.3 is 9.47 Å². The summed E-state index contributed by atoms with van der Waals surface area (Å²) in [6.07, 6.45) is 16.0. The van der Waals surface area contributed by atoms with Gasteiger partial charge in [-0.2, -0.15) is 0 Å². The molecule has 1 heterocycles. The number of fused-ring (bicyclic) bond motifs is 6. The quantitative estimate of drug-likeness (QED) is 0.169. The van der Waals surface area contributed by atoms with Crippen molar-refractivity contribution in [1.82, 2.24) is 4.57 Å². The molecule has 0 spiro atoms. The van der Waals surface area contributed by atoms with Crippen LogP contribution in [0.1, 0.15) is 56.2 Å². The van der Waals surface area contributed by atoms with Crippen LogP contribution in [0.2, 0.25) is 0 Å². The summed E-state index contributed by atoms with van der Waals surface area (Å²) in [5.74, 6) is 0. The number of para-hydroxylation sites is 2. The Balaban J connectivity index is 1.08. The van der Waals surface area contributed by atoms with Crippen molar-refractivity contribution in [1.29, 1.82) is 0 Å². The summed E-state index contributed by atoms with van der Waals surface area (Å²) in [4.78, 5) is 2.43. The fourth-order valence-corrected chi connectivity index (χ4v) is 9.01. The maximum absolute atomic E-state index is 2.47. The number of hydrogen-bond acceptors (Lipinski definition) is 1. The molecule has 0 saturated carbocycles. The molecule has 0 aliphatic heterocycles. The second-order valence-corrected chi connectivity index (χ2v) is 15.2. The molecule has 0 saturated heterocycles. The van der Waals surface area contributed by atoms with E-state index in [9.17, 15) is 0 Å². The first-order valence-corrected chi connectivity index (χ1v) is 19.1. The van der Waals surface area contributed by atoms with Gasteiger partial charge in [0.25, 0.3) is 0 Å². The van der Waals surface area contributed by atoms with Crippen LogP contribution < -0.4 is 4.90 Å². The van der Waals surface area contributed by atoms with Gasteiger partial charge in [-0.1, -0.05) is 129 Å². The molecule has 0 bridgehead atoms. The summed E-state index contributed by atoms with van der Waals surface area (Å²) in [7, 11) is 0. The van der Waals surface area contributed by atoms with E-state index in [2.05, 4.69) is 193 Å². The summed E-state index contributed by atoms with van der Waals surface area (Å²) in [5, 5.41) is 2.51. The number of rotatable bonds is 6. The Bertz CT molecular complexity index is 2660. The third-order valence-corrected chi connectivity index (χ3v) is 11.7. The third kappa shape index (κ3) is 5.24. The zero-order chi connectivity index (χ0) is 35.5. The average Bonchev–Trinajstić information content (AvgIpc) is 3.67. The highest BCUT2D eigenvalue weighted by Crippen LogP contribution is 2.53. The van der Waals surface area contributed by atoms with Crippen molar-refractivity contribution in [3.63, 3.8) is 0 Å². The van der Waals surface area contributed by atoms with Gasteiger partial charge in [0.2, 0.25) is 0 Å². The van der Waals surface area contributed by atoms with Crippen molar-refractivity contribution < 1.29 is 0 Å². The molecule has 2 heteroatoms. The van der Waals surface area contributed by atoms with Gasteiger partial charge in [-0.3, -0.25) is 0 Å². The maximum atomic E-state index is 2.47. The van der Waals surface area contributed by atoms with Gasteiger partial charge in [0.15, 0.2) is 0 Å². The van der Waals surface area contributed by atoms with E-state index in [1.165, 1.54) is 72.0 Å². The second-order valence-electron chi connectivity index (χ2n) is 15.2. The highest BCUT2D eigenvalue weighted by atomic mass is 15.1. The number of allylic oxidation sites excluding steroid dienone is 8. The Morgan fingerprint density at radius 3 is 2.04 bits per heavy atom. The van der Waals surface area contributed by atoms with Crippen LogP contribution in [0, 0.1) is 0 Å². The molecule has 2 nitrogen and oxygen atoms in total.